The topological polar surface area (TPSA) is 49.4 Å². The number of nitrogens with zero attached hydrogens (tertiary/aromatic N) is 1. The van der Waals surface area contributed by atoms with Crippen LogP contribution in [0.1, 0.15) is 23.1 Å². The highest BCUT2D eigenvalue weighted by atomic mass is 35.5. The van der Waals surface area contributed by atoms with E-state index in [1.54, 1.807) is 11.0 Å². The van der Waals surface area contributed by atoms with Crippen LogP contribution in [0, 0.1) is 26.7 Å². The number of hydrogen-bond donors (Lipinski definition) is 1. The lowest BCUT2D eigenvalue weighted by atomic mass is 10.1. The zero-order chi connectivity index (χ0) is 18.1. The summed E-state index contributed by atoms with van der Waals surface area (Å²) in [5.41, 5.74) is 4.59. The van der Waals surface area contributed by atoms with Crippen LogP contribution in [0.2, 0.25) is 5.02 Å². The number of hydrogen-bond acceptors (Lipinski definition) is 2. The van der Waals surface area contributed by atoms with Gasteiger partial charge in [0.15, 0.2) is 0 Å². The van der Waals surface area contributed by atoms with Gasteiger partial charge in [0.05, 0.1) is 5.92 Å². The molecule has 1 aliphatic rings. The molecule has 0 bridgehead atoms. The van der Waals surface area contributed by atoms with Crippen molar-refractivity contribution in [1.82, 2.24) is 0 Å². The number of carbonyl (C=O) groups is 2. The molecule has 4 nitrogen and oxygen atoms in total. The molecule has 1 aliphatic heterocycles. The molecule has 25 heavy (non-hydrogen) atoms. The van der Waals surface area contributed by atoms with Crippen molar-refractivity contribution in [3.05, 3.63) is 58.1 Å². The molecule has 1 fully saturated rings. The van der Waals surface area contributed by atoms with Crippen molar-refractivity contribution >= 4 is 34.8 Å². The van der Waals surface area contributed by atoms with Gasteiger partial charge in [0, 0.05) is 29.4 Å². The first-order chi connectivity index (χ1) is 11.8. The lowest BCUT2D eigenvalue weighted by molar-refractivity contribution is -0.122. The molecule has 2 aromatic carbocycles. The van der Waals surface area contributed by atoms with Crippen LogP contribution in [0.3, 0.4) is 0 Å². The van der Waals surface area contributed by atoms with Crippen LogP contribution < -0.4 is 10.2 Å². The molecule has 1 atom stereocenters. The normalized spacial score (nSPS) is 17.0. The maximum absolute atomic E-state index is 12.6. The minimum atomic E-state index is -0.368. The van der Waals surface area contributed by atoms with Crippen LogP contribution in [0.5, 0.6) is 0 Å². The molecular weight excluding hydrogens is 336 g/mol. The fourth-order valence-electron chi connectivity index (χ4n) is 2.99. The Bertz CT molecular complexity index is 848. The van der Waals surface area contributed by atoms with Crippen LogP contribution in [0.25, 0.3) is 0 Å². The van der Waals surface area contributed by atoms with Crippen molar-refractivity contribution in [2.24, 2.45) is 5.92 Å². The van der Waals surface area contributed by atoms with Gasteiger partial charge < -0.3 is 10.2 Å². The van der Waals surface area contributed by atoms with E-state index in [0.29, 0.717) is 11.6 Å². The zero-order valence-corrected chi connectivity index (χ0v) is 15.4. The number of rotatable bonds is 3. The molecule has 0 aromatic heterocycles. The third kappa shape index (κ3) is 3.69. The van der Waals surface area contributed by atoms with Crippen molar-refractivity contribution in [2.45, 2.75) is 27.2 Å². The Morgan fingerprint density at radius 1 is 1.12 bits per heavy atom. The van der Waals surface area contributed by atoms with Gasteiger partial charge in [0.2, 0.25) is 11.8 Å². The quantitative estimate of drug-likeness (QED) is 0.893. The van der Waals surface area contributed by atoms with Gasteiger partial charge in [-0.25, -0.2) is 0 Å². The predicted octanol–water partition coefficient (Wildman–Crippen LogP) is 4.26. The van der Waals surface area contributed by atoms with Crippen LogP contribution in [-0.4, -0.2) is 18.4 Å². The van der Waals surface area contributed by atoms with E-state index in [0.717, 1.165) is 28.1 Å². The van der Waals surface area contributed by atoms with Gasteiger partial charge in [-0.1, -0.05) is 29.8 Å². The Morgan fingerprint density at radius 2 is 1.84 bits per heavy atom. The van der Waals surface area contributed by atoms with Crippen LogP contribution in [0.4, 0.5) is 11.4 Å². The maximum atomic E-state index is 12.6. The number of amides is 2. The molecule has 0 saturated carbocycles. The lowest BCUT2D eigenvalue weighted by Crippen LogP contribution is -2.28. The summed E-state index contributed by atoms with van der Waals surface area (Å²) < 4.78 is 0. The minimum absolute atomic E-state index is 0.0546. The largest absolute Gasteiger partial charge is 0.326 e. The van der Waals surface area contributed by atoms with Crippen LogP contribution >= 0.6 is 11.6 Å². The summed E-state index contributed by atoms with van der Waals surface area (Å²) in [6.45, 7) is 6.22. The number of carbonyl (C=O) groups excluding carboxylic acids is 2. The number of benzene rings is 2. The third-order valence-corrected chi connectivity index (χ3v) is 5.02. The van der Waals surface area contributed by atoms with Crippen LogP contribution in [0.15, 0.2) is 36.4 Å². The Hall–Kier alpha value is -2.33. The Labute approximate surface area is 152 Å². The highest BCUT2D eigenvalue weighted by molar-refractivity contribution is 6.31. The number of aryl methyl sites for hydroxylation is 3. The van der Waals surface area contributed by atoms with Crippen molar-refractivity contribution in [3.8, 4) is 0 Å². The van der Waals surface area contributed by atoms with E-state index >= 15 is 0 Å². The SMILES string of the molecule is Cc1ccc(C)c(NC(=O)C2CC(=O)N(c3ccc(C)c(Cl)c3)C2)c1. The fourth-order valence-corrected chi connectivity index (χ4v) is 3.16. The molecule has 2 amide bonds. The predicted molar refractivity (Wildman–Crippen MR) is 101 cm³/mol. The smallest absolute Gasteiger partial charge is 0.229 e. The second-order valence-electron chi connectivity index (χ2n) is 6.65. The van der Waals surface area contributed by atoms with Crippen molar-refractivity contribution in [3.63, 3.8) is 0 Å². The maximum Gasteiger partial charge on any atom is 0.229 e. The Balaban J connectivity index is 1.74. The molecular formula is C20H21ClN2O2. The van der Waals surface area contributed by atoms with Gasteiger partial charge in [-0.2, -0.15) is 0 Å². The minimum Gasteiger partial charge on any atom is -0.326 e. The summed E-state index contributed by atoms with van der Waals surface area (Å²) in [7, 11) is 0. The summed E-state index contributed by atoms with van der Waals surface area (Å²) in [5.74, 6) is -0.545. The summed E-state index contributed by atoms with van der Waals surface area (Å²) in [5, 5.41) is 3.58. The monoisotopic (exact) mass is 356 g/mol. The average molecular weight is 357 g/mol. The summed E-state index contributed by atoms with van der Waals surface area (Å²) >= 11 is 6.16. The van der Waals surface area contributed by atoms with Gasteiger partial charge in [0.25, 0.3) is 0 Å². The molecule has 1 unspecified atom stereocenters. The second-order valence-corrected chi connectivity index (χ2v) is 7.05. The molecule has 130 valence electrons. The van der Waals surface area contributed by atoms with E-state index < -0.39 is 0 Å². The molecule has 3 rings (SSSR count). The van der Waals surface area contributed by atoms with E-state index in [-0.39, 0.29) is 24.2 Å². The number of halogens is 1. The lowest BCUT2D eigenvalue weighted by Gasteiger charge is -2.18. The Kier molecular flexibility index (Phi) is 4.82. The highest BCUT2D eigenvalue weighted by Gasteiger charge is 2.35. The first-order valence-corrected chi connectivity index (χ1v) is 8.67. The molecule has 0 spiro atoms. The molecule has 1 heterocycles. The summed E-state index contributed by atoms with van der Waals surface area (Å²) in [4.78, 5) is 26.6. The number of anilines is 2. The molecule has 2 aromatic rings. The van der Waals surface area contributed by atoms with E-state index in [1.807, 2.05) is 51.1 Å². The number of nitrogens with one attached hydrogen (secondary N) is 1. The average Bonchev–Trinajstić information content (AvgIpc) is 2.95. The van der Waals surface area contributed by atoms with Gasteiger partial charge in [0.1, 0.15) is 0 Å². The van der Waals surface area contributed by atoms with Gasteiger partial charge >= 0.3 is 0 Å². The Morgan fingerprint density at radius 3 is 2.56 bits per heavy atom. The fraction of sp³-hybridized carbons (Fsp3) is 0.300. The molecule has 1 N–H and O–H groups in total. The van der Waals surface area contributed by atoms with Crippen molar-refractivity contribution in [2.75, 3.05) is 16.8 Å². The van der Waals surface area contributed by atoms with Crippen molar-refractivity contribution in [1.29, 1.82) is 0 Å². The van der Waals surface area contributed by atoms with Gasteiger partial charge in [-0.3, -0.25) is 9.59 Å². The van der Waals surface area contributed by atoms with Gasteiger partial charge in [-0.05, 0) is 55.7 Å². The first kappa shape index (κ1) is 17.5. The van der Waals surface area contributed by atoms with E-state index in [9.17, 15) is 9.59 Å². The summed E-state index contributed by atoms with van der Waals surface area (Å²) in [6.07, 6.45) is 0.211. The van der Waals surface area contributed by atoms with Crippen LogP contribution in [-0.2, 0) is 9.59 Å². The first-order valence-electron chi connectivity index (χ1n) is 8.30. The molecule has 1 saturated heterocycles. The van der Waals surface area contributed by atoms with E-state index in [2.05, 4.69) is 5.32 Å². The van der Waals surface area contributed by atoms with E-state index in [4.69, 9.17) is 11.6 Å². The molecule has 0 aliphatic carbocycles. The molecule has 0 radical (unpaired) electrons. The summed E-state index contributed by atoms with van der Waals surface area (Å²) in [6, 6.07) is 11.5. The van der Waals surface area contributed by atoms with Gasteiger partial charge in [-0.15, -0.1) is 0 Å². The highest BCUT2D eigenvalue weighted by Crippen LogP contribution is 2.29. The van der Waals surface area contributed by atoms with Crippen molar-refractivity contribution < 1.29 is 9.59 Å². The third-order valence-electron chi connectivity index (χ3n) is 4.61. The van der Waals surface area contributed by atoms with E-state index in [1.165, 1.54) is 0 Å². The zero-order valence-electron chi connectivity index (χ0n) is 14.6. The standard InChI is InChI=1S/C20H21ClN2O2/c1-12-4-5-14(3)18(8-12)22-20(25)15-9-19(24)23(11-15)16-7-6-13(2)17(21)10-16/h4-8,10,15H,9,11H2,1-3H3,(H,22,25). The molecule has 5 heteroatoms. The second kappa shape index (κ2) is 6.89.